The Kier molecular flexibility index (Phi) is 2.93. The monoisotopic (exact) mass is 266 g/mol. The molecule has 2 aromatic heterocycles. The van der Waals surface area contributed by atoms with E-state index < -0.39 is 0 Å². The Morgan fingerprint density at radius 2 is 1.80 bits per heavy atom. The number of imidazole rings is 1. The van der Waals surface area contributed by atoms with Crippen LogP contribution in [0.15, 0.2) is 48.8 Å². The van der Waals surface area contributed by atoms with Crippen molar-refractivity contribution in [3.63, 3.8) is 0 Å². The van der Waals surface area contributed by atoms with E-state index in [9.17, 15) is 0 Å². The molecule has 2 heterocycles. The summed E-state index contributed by atoms with van der Waals surface area (Å²) >= 11 is 0. The molecule has 0 amide bonds. The number of nitrogens with zero attached hydrogens (tertiary/aromatic N) is 3. The van der Waals surface area contributed by atoms with Crippen LogP contribution in [-0.2, 0) is 0 Å². The van der Waals surface area contributed by atoms with Crippen molar-refractivity contribution >= 4 is 11.6 Å². The van der Waals surface area contributed by atoms with Crippen molar-refractivity contribution < 1.29 is 0 Å². The predicted octanol–water partition coefficient (Wildman–Crippen LogP) is 3.61. The summed E-state index contributed by atoms with van der Waals surface area (Å²) in [6.45, 7) is 6.37. The molecule has 0 unspecified atom stereocenters. The molecule has 0 aliphatic rings. The molecule has 4 heteroatoms. The van der Waals surface area contributed by atoms with Crippen molar-refractivity contribution in [1.82, 2.24) is 14.4 Å². The highest BCUT2D eigenvalue weighted by atomic mass is 15.2. The molecule has 0 aliphatic heterocycles. The molecule has 102 valence electrons. The largest absolute Gasteiger partial charge is 0.364 e. The van der Waals surface area contributed by atoms with E-state index in [0.29, 0.717) is 5.78 Å². The maximum atomic E-state index is 4.62. The average Bonchev–Trinajstić information content (AvgIpc) is 2.75. The van der Waals surface area contributed by atoms with Crippen LogP contribution in [-0.4, -0.2) is 19.9 Å². The molecule has 0 atom stereocenters. The minimum absolute atomic E-state index is 0.0541. The summed E-state index contributed by atoms with van der Waals surface area (Å²) in [6, 6.07) is 12.2. The molecule has 1 aromatic carbocycles. The number of benzene rings is 1. The zero-order chi connectivity index (χ0) is 14.2. The number of fused-ring (bicyclic) bond motifs is 1. The van der Waals surface area contributed by atoms with E-state index in [0.717, 1.165) is 17.1 Å². The van der Waals surface area contributed by atoms with E-state index in [4.69, 9.17) is 0 Å². The number of hydrogen-bond acceptors (Lipinski definition) is 3. The lowest BCUT2D eigenvalue weighted by molar-refractivity contribution is 0.631. The van der Waals surface area contributed by atoms with Crippen molar-refractivity contribution in [2.24, 2.45) is 0 Å². The van der Waals surface area contributed by atoms with Crippen LogP contribution in [0.4, 0.5) is 5.82 Å². The molecule has 0 bridgehead atoms. The van der Waals surface area contributed by atoms with Crippen LogP contribution in [0.3, 0.4) is 0 Å². The van der Waals surface area contributed by atoms with Crippen molar-refractivity contribution in [3.8, 4) is 11.3 Å². The summed E-state index contributed by atoms with van der Waals surface area (Å²) in [6.07, 6.45) is 3.75. The van der Waals surface area contributed by atoms with Gasteiger partial charge < -0.3 is 5.32 Å². The van der Waals surface area contributed by atoms with Crippen LogP contribution >= 0.6 is 0 Å². The van der Waals surface area contributed by atoms with Gasteiger partial charge >= 0.3 is 0 Å². The number of hydrogen-bond donors (Lipinski definition) is 1. The van der Waals surface area contributed by atoms with Gasteiger partial charge in [-0.25, -0.2) is 4.98 Å². The van der Waals surface area contributed by atoms with Gasteiger partial charge in [0.1, 0.15) is 0 Å². The summed E-state index contributed by atoms with van der Waals surface area (Å²) in [5.41, 5.74) is 2.12. The highest BCUT2D eigenvalue weighted by molar-refractivity contribution is 5.76. The molecule has 0 radical (unpaired) electrons. The van der Waals surface area contributed by atoms with Gasteiger partial charge in [-0.2, -0.15) is 4.98 Å². The van der Waals surface area contributed by atoms with Gasteiger partial charge in [0.25, 0.3) is 0 Å². The minimum atomic E-state index is -0.0541. The first-order chi connectivity index (χ1) is 9.54. The average molecular weight is 266 g/mol. The van der Waals surface area contributed by atoms with Gasteiger partial charge in [0, 0.05) is 23.5 Å². The van der Waals surface area contributed by atoms with E-state index >= 15 is 0 Å². The van der Waals surface area contributed by atoms with Crippen molar-refractivity contribution in [2.75, 3.05) is 5.32 Å². The minimum Gasteiger partial charge on any atom is -0.364 e. The van der Waals surface area contributed by atoms with Crippen LogP contribution in [0.2, 0.25) is 0 Å². The Morgan fingerprint density at radius 1 is 1.05 bits per heavy atom. The molecule has 20 heavy (non-hydrogen) atoms. The maximum Gasteiger partial charge on any atom is 0.236 e. The summed E-state index contributed by atoms with van der Waals surface area (Å²) in [7, 11) is 0. The molecular weight excluding hydrogens is 248 g/mol. The van der Waals surface area contributed by atoms with E-state index in [1.54, 1.807) is 6.20 Å². The lowest BCUT2D eigenvalue weighted by Crippen LogP contribution is -2.26. The lowest BCUT2D eigenvalue weighted by atomic mass is 10.1. The fourth-order valence-corrected chi connectivity index (χ4v) is 2.20. The zero-order valence-corrected chi connectivity index (χ0v) is 12.0. The van der Waals surface area contributed by atoms with Crippen LogP contribution in [0.25, 0.3) is 17.0 Å². The third-order valence-corrected chi connectivity index (χ3v) is 2.94. The van der Waals surface area contributed by atoms with Gasteiger partial charge in [-0.05, 0) is 26.8 Å². The second-order valence-corrected chi connectivity index (χ2v) is 5.84. The Morgan fingerprint density at radius 3 is 2.50 bits per heavy atom. The van der Waals surface area contributed by atoms with E-state index in [1.165, 1.54) is 0 Å². The van der Waals surface area contributed by atoms with Crippen molar-refractivity contribution in [1.29, 1.82) is 0 Å². The van der Waals surface area contributed by atoms with Gasteiger partial charge in [0.05, 0.1) is 5.69 Å². The Hall–Kier alpha value is -2.36. The molecule has 0 spiro atoms. The standard InChI is InChI=1S/C16H18N4/c1-16(2,3)19-14-13(12-8-5-4-6-9-12)20-11-7-10-17-15(20)18-14/h4-11,19H,1-3H3. The first-order valence-corrected chi connectivity index (χ1v) is 6.71. The summed E-state index contributed by atoms with van der Waals surface area (Å²) in [5.74, 6) is 1.57. The van der Waals surface area contributed by atoms with Crippen LogP contribution in [0, 0.1) is 0 Å². The second kappa shape index (κ2) is 4.63. The Balaban J connectivity index is 2.24. The molecule has 0 saturated heterocycles. The number of aromatic nitrogens is 3. The van der Waals surface area contributed by atoms with Gasteiger partial charge in [-0.1, -0.05) is 30.3 Å². The third kappa shape index (κ3) is 2.37. The molecule has 4 nitrogen and oxygen atoms in total. The number of rotatable bonds is 2. The predicted molar refractivity (Wildman–Crippen MR) is 81.8 cm³/mol. The van der Waals surface area contributed by atoms with Crippen LogP contribution in [0.5, 0.6) is 0 Å². The normalized spacial score (nSPS) is 11.8. The SMILES string of the molecule is CC(C)(C)Nc1nc2ncccn2c1-c1ccccc1. The second-order valence-electron chi connectivity index (χ2n) is 5.84. The summed E-state index contributed by atoms with van der Waals surface area (Å²) in [4.78, 5) is 8.95. The maximum absolute atomic E-state index is 4.62. The summed E-state index contributed by atoms with van der Waals surface area (Å²) in [5, 5.41) is 3.47. The topological polar surface area (TPSA) is 42.2 Å². The van der Waals surface area contributed by atoms with Gasteiger partial charge in [0.15, 0.2) is 5.82 Å². The van der Waals surface area contributed by atoms with Crippen molar-refractivity contribution in [3.05, 3.63) is 48.8 Å². The van der Waals surface area contributed by atoms with Crippen LogP contribution < -0.4 is 5.32 Å². The smallest absolute Gasteiger partial charge is 0.236 e. The van der Waals surface area contributed by atoms with Gasteiger partial charge in [-0.15, -0.1) is 0 Å². The molecule has 0 aliphatic carbocycles. The fourth-order valence-electron chi connectivity index (χ4n) is 2.20. The zero-order valence-electron chi connectivity index (χ0n) is 12.0. The molecule has 0 fully saturated rings. The number of nitrogens with one attached hydrogen (secondary N) is 1. The number of anilines is 1. The first kappa shape index (κ1) is 12.7. The fraction of sp³-hybridized carbons (Fsp3) is 0.250. The highest BCUT2D eigenvalue weighted by Crippen LogP contribution is 2.29. The van der Waals surface area contributed by atoms with Crippen LogP contribution in [0.1, 0.15) is 20.8 Å². The molecule has 3 rings (SSSR count). The highest BCUT2D eigenvalue weighted by Gasteiger charge is 2.19. The van der Waals surface area contributed by atoms with Gasteiger partial charge in [0.2, 0.25) is 5.78 Å². The first-order valence-electron chi connectivity index (χ1n) is 6.71. The third-order valence-electron chi connectivity index (χ3n) is 2.94. The quantitative estimate of drug-likeness (QED) is 0.770. The van der Waals surface area contributed by atoms with E-state index in [1.807, 2.05) is 34.9 Å². The Bertz CT molecular complexity index is 723. The molecular formula is C16H18N4. The molecule has 1 N–H and O–H groups in total. The van der Waals surface area contributed by atoms with Crippen molar-refractivity contribution in [2.45, 2.75) is 26.3 Å². The lowest BCUT2D eigenvalue weighted by Gasteiger charge is -2.21. The molecule has 0 saturated carbocycles. The Labute approximate surface area is 118 Å². The molecule has 3 aromatic rings. The van der Waals surface area contributed by atoms with E-state index in [2.05, 4.69) is 48.2 Å². The van der Waals surface area contributed by atoms with Gasteiger partial charge in [-0.3, -0.25) is 4.40 Å². The summed E-state index contributed by atoms with van der Waals surface area (Å²) < 4.78 is 2.02. The van der Waals surface area contributed by atoms with E-state index in [-0.39, 0.29) is 5.54 Å².